The van der Waals surface area contributed by atoms with Crippen LogP contribution in [0.1, 0.15) is 32.3 Å². The molecule has 0 heterocycles. The number of phenolic OH excluding ortho intramolecular Hbond substituents is 1. The monoisotopic (exact) mass is 298 g/mol. The molecule has 0 radical (unpaired) electrons. The largest absolute Gasteiger partial charge is 0.505 e. The molecule has 1 unspecified atom stereocenters. The van der Waals surface area contributed by atoms with Crippen molar-refractivity contribution in [3.8, 4) is 5.75 Å². The highest BCUT2D eigenvalue weighted by Crippen LogP contribution is 2.16. The summed E-state index contributed by atoms with van der Waals surface area (Å²) in [6.45, 7) is 4.32. The van der Waals surface area contributed by atoms with Crippen molar-refractivity contribution >= 4 is 6.03 Å². The standard InChI is InChI=1S/C15H23FN2O3/c1-3-11(4-2)14(20)9-18-15(21)17-8-10-5-6-13(19)12(16)7-10/h5-7,11,14,19-20H,3-4,8-9H2,1-2H3,(H2,17,18,21). The highest BCUT2D eigenvalue weighted by molar-refractivity contribution is 5.73. The molecule has 5 nitrogen and oxygen atoms in total. The van der Waals surface area contributed by atoms with Crippen molar-refractivity contribution in [1.29, 1.82) is 0 Å². The number of nitrogens with one attached hydrogen (secondary N) is 2. The Morgan fingerprint density at radius 2 is 1.95 bits per heavy atom. The Bertz CT molecular complexity index is 464. The Hall–Kier alpha value is -1.82. The summed E-state index contributed by atoms with van der Waals surface area (Å²) in [5, 5.41) is 24.1. The molecule has 0 bridgehead atoms. The molecule has 4 N–H and O–H groups in total. The molecule has 2 amide bonds. The van der Waals surface area contributed by atoms with Crippen molar-refractivity contribution in [1.82, 2.24) is 10.6 Å². The number of aliphatic hydroxyl groups is 1. The Morgan fingerprint density at radius 3 is 2.52 bits per heavy atom. The van der Waals surface area contributed by atoms with Gasteiger partial charge in [-0.15, -0.1) is 0 Å². The van der Waals surface area contributed by atoms with Crippen LogP contribution in [0.3, 0.4) is 0 Å². The van der Waals surface area contributed by atoms with Gasteiger partial charge in [-0.25, -0.2) is 9.18 Å². The number of hydrogen-bond donors (Lipinski definition) is 4. The van der Waals surface area contributed by atoms with E-state index in [0.29, 0.717) is 5.56 Å². The van der Waals surface area contributed by atoms with Gasteiger partial charge in [-0.1, -0.05) is 32.8 Å². The number of carbonyl (C=O) groups is 1. The predicted molar refractivity (Wildman–Crippen MR) is 78.4 cm³/mol. The fourth-order valence-electron chi connectivity index (χ4n) is 2.10. The van der Waals surface area contributed by atoms with E-state index < -0.39 is 23.7 Å². The quantitative estimate of drug-likeness (QED) is 0.622. The van der Waals surface area contributed by atoms with Gasteiger partial charge < -0.3 is 20.8 Å². The molecule has 1 atom stereocenters. The van der Waals surface area contributed by atoms with Crippen LogP contribution in [-0.2, 0) is 6.54 Å². The number of aromatic hydroxyl groups is 1. The summed E-state index contributed by atoms with van der Waals surface area (Å²) < 4.78 is 13.1. The third kappa shape index (κ3) is 5.59. The Balaban J connectivity index is 2.35. The van der Waals surface area contributed by atoms with Crippen LogP contribution in [0.15, 0.2) is 18.2 Å². The van der Waals surface area contributed by atoms with Crippen LogP contribution in [0.4, 0.5) is 9.18 Å². The minimum atomic E-state index is -0.723. The predicted octanol–water partition coefficient (Wildman–Crippen LogP) is 2.13. The van der Waals surface area contributed by atoms with Crippen LogP contribution in [0.5, 0.6) is 5.75 Å². The fourth-order valence-corrected chi connectivity index (χ4v) is 2.10. The van der Waals surface area contributed by atoms with Crippen LogP contribution in [-0.4, -0.2) is 28.9 Å². The van der Waals surface area contributed by atoms with Gasteiger partial charge in [0.05, 0.1) is 6.10 Å². The SMILES string of the molecule is CCC(CC)C(O)CNC(=O)NCc1ccc(O)c(F)c1. The van der Waals surface area contributed by atoms with Crippen molar-refractivity contribution in [3.05, 3.63) is 29.6 Å². The third-order valence-electron chi connectivity index (χ3n) is 3.53. The van der Waals surface area contributed by atoms with Gasteiger partial charge in [0.1, 0.15) is 0 Å². The summed E-state index contributed by atoms with van der Waals surface area (Å²) in [4.78, 5) is 11.6. The van der Waals surface area contributed by atoms with E-state index in [4.69, 9.17) is 5.11 Å². The van der Waals surface area contributed by atoms with E-state index in [2.05, 4.69) is 10.6 Å². The van der Waals surface area contributed by atoms with Crippen molar-refractivity contribution in [3.63, 3.8) is 0 Å². The molecular weight excluding hydrogens is 275 g/mol. The second kappa shape index (κ2) is 8.46. The number of benzene rings is 1. The highest BCUT2D eigenvalue weighted by Gasteiger charge is 2.16. The molecule has 6 heteroatoms. The molecule has 0 aliphatic heterocycles. The lowest BCUT2D eigenvalue weighted by Gasteiger charge is -2.20. The molecule has 1 rings (SSSR count). The molecule has 0 aliphatic rings. The zero-order chi connectivity index (χ0) is 15.8. The number of urea groups is 1. The van der Waals surface area contributed by atoms with Gasteiger partial charge in [-0.2, -0.15) is 0 Å². The Morgan fingerprint density at radius 1 is 1.29 bits per heavy atom. The maximum atomic E-state index is 13.1. The molecule has 0 aliphatic carbocycles. The van der Waals surface area contributed by atoms with Gasteiger partial charge in [-0.3, -0.25) is 0 Å². The van der Waals surface area contributed by atoms with Crippen LogP contribution >= 0.6 is 0 Å². The molecule has 21 heavy (non-hydrogen) atoms. The summed E-state index contributed by atoms with van der Waals surface area (Å²) in [7, 11) is 0. The van der Waals surface area contributed by atoms with E-state index in [0.717, 1.165) is 18.9 Å². The number of aliphatic hydroxyl groups excluding tert-OH is 1. The molecule has 0 spiro atoms. The van der Waals surface area contributed by atoms with E-state index in [9.17, 15) is 14.3 Å². The van der Waals surface area contributed by atoms with Crippen LogP contribution in [0, 0.1) is 11.7 Å². The summed E-state index contributed by atoms with van der Waals surface area (Å²) in [6, 6.07) is 3.50. The van der Waals surface area contributed by atoms with Gasteiger partial charge in [-0.05, 0) is 23.6 Å². The fraction of sp³-hybridized carbons (Fsp3) is 0.533. The summed E-state index contributed by atoms with van der Waals surface area (Å²) >= 11 is 0. The minimum absolute atomic E-state index is 0.143. The van der Waals surface area contributed by atoms with Crippen LogP contribution in [0.25, 0.3) is 0 Å². The first-order valence-electron chi connectivity index (χ1n) is 7.15. The van der Waals surface area contributed by atoms with E-state index in [-0.39, 0.29) is 19.0 Å². The molecule has 0 saturated heterocycles. The normalized spacial score (nSPS) is 12.2. The van der Waals surface area contributed by atoms with E-state index in [1.165, 1.54) is 12.1 Å². The summed E-state index contributed by atoms with van der Waals surface area (Å²) in [6.07, 6.45) is 1.14. The second-order valence-corrected chi connectivity index (χ2v) is 4.99. The van der Waals surface area contributed by atoms with Gasteiger partial charge in [0.25, 0.3) is 0 Å². The topological polar surface area (TPSA) is 81.6 Å². The van der Waals surface area contributed by atoms with Gasteiger partial charge in [0.2, 0.25) is 0 Å². The molecule has 1 aromatic carbocycles. The molecule has 0 fully saturated rings. The number of halogens is 1. The van der Waals surface area contributed by atoms with Crippen molar-refractivity contribution in [2.24, 2.45) is 5.92 Å². The average molecular weight is 298 g/mol. The summed E-state index contributed by atoms with van der Waals surface area (Å²) in [5.41, 5.74) is 0.543. The Labute approximate surface area is 124 Å². The molecule has 1 aromatic rings. The smallest absolute Gasteiger partial charge is 0.315 e. The lowest BCUT2D eigenvalue weighted by atomic mass is 9.97. The van der Waals surface area contributed by atoms with Gasteiger partial charge >= 0.3 is 6.03 Å². The molecule has 118 valence electrons. The third-order valence-corrected chi connectivity index (χ3v) is 3.53. The van der Waals surface area contributed by atoms with Gasteiger partial charge in [0.15, 0.2) is 11.6 Å². The zero-order valence-electron chi connectivity index (χ0n) is 12.4. The first kappa shape index (κ1) is 17.2. The van der Waals surface area contributed by atoms with Crippen LogP contribution in [0.2, 0.25) is 0 Å². The number of amides is 2. The maximum absolute atomic E-state index is 13.1. The molecular formula is C15H23FN2O3. The minimum Gasteiger partial charge on any atom is -0.505 e. The highest BCUT2D eigenvalue weighted by atomic mass is 19.1. The molecule has 0 saturated carbocycles. The number of hydrogen-bond acceptors (Lipinski definition) is 3. The Kier molecular flexibility index (Phi) is 6.94. The lowest BCUT2D eigenvalue weighted by molar-refractivity contribution is 0.103. The number of rotatable bonds is 7. The number of phenols is 1. The second-order valence-electron chi connectivity index (χ2n) is 4.99. The van der Waals surface area contributed by atoms with Crippen molar-refractivity contribution in [2.75, 3.05) is 6.54 Å². The zero-order valence-corrected chi connectivity index (χ0v) is 12.4. The maximum Gasteiger partial charge on any atom is 0.315 e. The lowest BCUT2D eigenvalue weighted by Crippen LogP contribution is -2.41. The van der Waals surface area contributed by atoms with Crippen molar-refractivity contribution in [2.45, 2.75) is 39.3 Å². The first-order chi connectivity index (χ1) is 9.97. The van der Waals surface area contributed by atoms with Gasteiger partial charge in [0, 0.05) is 13.1 Å². The van der Waals surface area contributed by atoms with E-state index >= 15 is 0 Å². The average Bonchev–Trinajstić information content (AvgIpc) is 2.47. The van der Waals surface area contributed by atoms with Crippen molar-refractivity contribution < 1.29 is 19.4 Å². The van der Waals surface area contributed by atoms with Crippen LogP contribution < -0.4 is 10.6 Å². The van der Waals surface area contributed by atoms with E-state index in [1.54, 1.807) is 0 Å². The summed E-state index contributed by atoms with van der Waals surface area (Å²) in [5.74, 6) is -0.980. The van der Waals surface area contributed by atoms with E-state index in [1.807, 2.05) is 13.8 Å². The number of carbonyl (C=O) groups excluding carboxylic acids is 1. The molecule has 0 aromatic heterocycles. The first-order valence-corrected chi connectivity index (χ1v) is 7.15.